The van der Waals surface area contributed by atoms with E-state index in [1.807, 2.05) is 42.5 Å². The second kappa shape index (κ2) is 4.00. The Morgan fingerprint density at radius 3 is 2.33 bits per heavy atom. The maximum absolute atomic E-state index is 11.1. The van der Waals surface area contributed by atoms with E-state index < -0.39 is 4.92 Å². The van der Waals surface area contributed by atoms with Crippen molar-refractivity contribution >= 4 is 16.9 Å². The summed E-state index contributed by atoms with van der Waals surface area (Å²) in [5, 5.41) is 11.8. The lowest BCUT2D eigenvalue weighted by Gasteiger charge is -1.97. The van der Waals surface area contributed by atoms with E-state index in [-0.39, 0.29) is 5.88 Å². The number of furan rings is 1. The number of hydrogen-bond acceptors (Lipinski definition) is 3. The van der Waals surface area contributed by atoms with Crippen molar-refractivity contribution in [3.8, 4) is 11.1 Å². The first kappa shape index (κ1) is 10.5. The molecule has 1 heterocycles. The van der Waals surface area contributed by atoms with Crippen LogP contribution in [0.15, 0.2) is 59.0 Å². The summed E-state index contributed by atoms with van der Waals surface area (Å²) in [6.45, 7) is 0. The van der Waals surface area contributed by atoms with E-state index in [1.165, 1.54) is 0 Å². The van der Waals surface area contributed by atoms with Gasteiger partial charge in [0.2, 0.25) is 0 Å². The Bertz CT molecular complexity index is 716. The number of nitro groups is 1. The molecule has 3 rings (SSSR count). The molecule has 2 aromatic carbocycles. The van der Waals surface area contributed by atoms with Gasteiger partial charge in [-0.2, -0.15) is 0 Å². The van der Waals surface area contributed by atoms with E-state index in [0.29, 0.717) is 11.1 Å². The summed E-state index contributed by atoms with van der Waals surface area (Å²) >= 11 is 0. The van der Waals surface area contributed by atoms with Gasteiger partial charge in [0.25, 0.3) is 0 Å². The molecule has 0 unspecified atom stereocenters. The average molecular weight is 239 g/mol. The molecule has 0 fully saturated rings. The van der Waals surface area contributed by atoms with Gasteiger partial charge in [-0.3, -0.25) is 10.1 Å². The highest BCUT2D eigenvalue weighted by Crippen LogP contribution is 2.39. The molecule has 0 aliphatic heterocycles. The number of fused-ring (bicyclic) bond motifs is 1. The van der Waals surface area contributed by atoms with Gasteiger partial charge in [0.05, 0.1) is 0 Å². The van der Waals surface area contributed by atoms with Gasteiger partial charge in [0, 0.05) is 5.39 Å². The molecule has 0 radical (unpaired) electrons. The van der Waals surface area contributed by atoms with Crippen molar-refractivity contribution in [2.45, 2.75) is 0 Å². The third-order valence-electron chi connectivity index (χ3n) is 2.81. The van der Waals surface area contributed by atoms with Crippen LogP contribution in [0.5, 0.6) is 0 Å². The zero-order valence-corrected chi connectivity index (χ0v) is 9.37. The summed E-state index contributed by atoms with van der Waals surface area (Å²) in [6, 6.07) is 16.4. The molecular formula is C14H9NO3. The molecule has 3 aromatic rings. The normalized spacial score (nSPS) is 10.7. The maximum atomic E-state index is 11.1. The predicted molar refractivity (Wildman–Crippen MR) is 68.3 cm³/mol. The number of para-hydroxylation sites is 1. The van der Waals surface area contributed by atoms with Gasteiger partial charge in [-0.25, -0.2) is 0 Å². The molecule has 0 spiro atoms. The molecule has 4 nitrogen and oxygen atoms in total. The van der Waals surface area contributed by atoms with Gasteiger partial charge in [-0.15, -0.1) is 0 Å². The Balaban J connectivity index is 2.38. The van der Waals surface area contributed by atoms with Gasteiger partial charge in [0.15, 0.2) is 0 Å². The molecule has 0 saturated heterocycles. The first-order chi connectivity index (χ1) is 8.77. The molecule has 0 aliphatic rings. The van der Waals surface area contributed by atoms with Gasteiger partial charge < -0.3 is 4.42 Å². The van der Waals surface area contributed by atoms with Crippen LogP contribution in [0.25, 0.3) is 22.1 Å². The Morgan fingerprint density at radius 2 is 1.61 bits per heavy atom. The maximum Gasteiger partial charge on any atom is 0.442 e. The molecule has 0 aliphatic carbocycles. The fraction of sp³-hybridized carbons (Fsp3) is 0. The molecule has 0 N–H and O–H groups in total. The Labute approximate surface area is 103 Å². The molecule has 4 heteroatoms. The largest absolute Gasteiger partial charge is 0.442 e. The molecule has 0 atom stereocenters. The monoisotopic (exact) mass is 239 g/mol. The van der Waals surface area contributed by atoms with Crippen LogP contribution in [0.4, 0.5) is 5.88 Å². The molecule has 1 aromatic heterocycles. The smallest absolute Gasteiger partial charge is 0.400 e. The minimum atomic E-state index is -0.484. The summed E-state index contributed by atoms with van der Waals surface area (Å²) in [4.78, 5) is 10.6. The molecular weight excluding hydrogens is 230 g/mol. The van der Waals surface area contributed by atoms with Crippen molar-refractivity contribution in [1.82, 2.24) is 0 Å². The van der Waals surface area contributed by atoms with E-state index in [1.54, 1.807) is 12.1 Å². The highest BCUT2D eigenvalue weighted by atomic mass is 16.6. The van der Waals surface area contributed by atoms with Crippen LogP contribution in [-0.2, 0) is 0 Å². The summed E-state index contributed by atoms with van der Waals surface area (Å²) in [5.41, 5.74) is 1.86. The van der Waals surface area contributed by atoms with Gasteiger partial charge in [-0.1, -0.05) is 48.5 Å². The lowest BCUT2D eigenvalue weighted by molar-refractivity contribution is -0.400. The Hall–Kier alpha value is -2.62. The van der Waals surface area contributed by atoms with Crippen LogP contribution in [0.2, 0.25) is 0 Å². The fourth-order valence-corrected chi connectivity index (χ4v) is 2.04. The van der Waals surface area contributed by atoms with E-state index in [2.05, 4.69) is 0 Å². The van der Waals surface area contributed by atoms with Crippen LogP contribution in [0, 0.1) is 10.1 Å². The SMILES string of the molecule is O=[N+]([O-])c1oc2ccccc2c1-c1ccccc1. The standard InChI is InChI=1S/C14H9NO3/c16-15(17)14-13(10-6-2-1-3-7-10)11-8-4-5-9-12(11)18-14/h1-9H. The Kier molecular flexibility index (Phi) is 2.34. The van der Waals surface area contributed by atoms with Crippen LogP contribution >= 0.6 is 0 Å². The van der Waals surface area contributed by atoms with Crippen molar-refractivity contribution in [1.29, 1.82) is 0 Å². The number of benzene rings is 2. The summed E-state index contributed by atoms with van der Waals surface area (Å²) in [7, 11) is 0. The van der Waals surface area contributed by atoms with Crippen molar-refractivity contribution in [2.75, 3.05) is 0 Å². The molecule has 0 amide bonds. The second-order valence-corrected chi connectivity index (χ2v) is 3.90. The van der Waals surface area contributed by atoms with Crippen molar-refractivity contribution in [3.63, 3.8) is 0 Å². The van der Waals surface area contributed by atoms with Gasteiger partial charge in [-0.05, 0) is 11.6 Å². The zero-order valence-electron chi connectivity index (χ0n) is 9.37. The second-order valence-electron chi connectivity index (χ2n) is 3.90. The molecule has 18 heavy (non-hydrogen) atoms. The molecule has 0 saturated carbocycles. The van der Waals surface area contributed by atoms with E-state index >= 15 is 0 Å². The predicted octanol–water partition coefficient (Wildman–Crippen LogP) is 4.01. The third kappa shape index (κ3) is 1.55. The number of rotatable bonds is 2. The number of hydrogen-bond donors (Lipinski definition) is 0. The topological polar surface area (TPSA) is 56.3 Å². The quantitative estimate of drug-likeness (QED) is 0.501. The van der Waals surface area contributed by atoms with E-state index in [4.69, 9.17) is 4.42 Å². The van der Waals surface area contributed by atoms with Gasteiger partial charge >= 0.3 is 5.88 Å². The highest BCUT2D eigenvalue weighted by Gasteiger charge is 2.24. The average Bonchev–Trinajstić information content (AvgIpc) is 2.79. The first-order valence-electron chi connectivity index (χ1n) is 5.49. The van der Waals surface area contributed by atoms with Crippen LogP contribution in [-0.4, -0.2) is 4.92 Å². The molecule has 88 valence electrons. The highest BCUT2D eigenvalue weighted by molar-refractivity contribution is 5.98. The zero-order chi connectivity index (χ0) is 12.5. The minimum absolute atomic E-state index is 0.206. The summed E-state index contributed by atoms with van der Waals surface area (Å²) < 4.78 is 5.32. The van der Waals surface area contributed by atoms with Crippen molar-refractivity contribution in [3.05, 3.63) is 64.7 Å². The summed E-state index contributed by atoms with van der Waals surface area (Å²) in [6.07, 6.45) is 0. The van der Waals surface area contributed by atoms with E-state index in [0.717, 1.165) is 10.9 Å². The third-order valence-corrected chi connectivity index (χ3v) is 2.81. The van der Waals surface area contributed by atoms with E-state index in [9.17, 15) is 10.1 Å². The molecule has 0 bridgehead atoms. The van der Waals surface area contributed by atoms with Crippen molar-refractivity contribution < 1.29 is 9.34 Å². The number of nitrogens with zero attached hydrogens (tertiary/aromatic N) is 1. The first-order valence-corrected chi connectivity index (χ1v) is 5.49. The van der Waals surface area contributed by atoms with Gasteiger partial charge in [0.1, 0.15) is 16.1 Å². The van der Waals surface area contributed by atoms with Crippen LogP contribution in [0.3, 0.4) is 0 Å². The Morgan fingerprint density at radius 1 is 0.944 bits per heavy atom. The lowest BCUT2D eigenvalue weighted by Crippen LogP contribution is -1.87. The van der Waals surface area contributed by atoms with Crippen LogP contribution < -0.4 is 0 Å². The summed E-state index contributed by atoms with van der Waals surface area (Å²) in [5.74, 6) is -0.206. The lowest BCUT2D eigenvalue weighted by atomic mass is 10.0. The van der Waals surface area contributed by atoms with Crippen LogP contribution in [0.1, 0.15) is 0 Å². The fourth-order valence-electron chi connectivity index (χ4n) is 2.04. The van der Waals surface area contributed by atoms with Crippen molar-refractivity contribution in [2.24, 2.45) is 0 Å². The minimum Gasteiger partial charge on any atom is -0.400 e.